The zero-order chi connectivity index (χ0) is 13.3. The third-order valence-electron chi connectivity index (χ3n) is 2.87. The predicted octanol–water partition coefficient (Wildman–Crippen LogP) is 1.75. The summed E-state index contributed by atoms with van der Waals surface area (Å²) in [5, 5.41) is 0. The summed E-state index contributed by atoms with van der Waals surface area (Å²) in [7, 11) is 0. The molecule has 0 aromatic carbocycles. The van der Waals surface area contributed by atoms with Gasteiger partial charge in [-0.05, 0) is 12.3 Å². The van der Waals surface area contributed by atoms with Crippen molar-refractivity contribution in [1.29, 1.82) is 0 Å². The van der Waals surface area contributed by atoms with Gasteiger partial charge in [0, 0.05) is 25.2 Å². The van der Waals surface area contributed by atoms with Gasteiger partial charge in [-0.25, -0.2) is 0 Å². The molecule has 17 heavy (non-hydrogen) atoms. The van der Waals surface area contributed by atoms with Crippen molar-refractivity contribution in [1.82, 2.24) is 0 Å². The van der Waals surface area contributed by atoms with Crippen LogP contribution in [0.25, 0.3) is 0 Å². The summed E-state index contributed by atoms with van der Waals surface area (Å²) in [6.45, 7) is 3.74. The third-order valence-corrected chi connectivity index (χ3v) is 2.87. The van der Waals surface area contributed by atoms with Gasteiger partial charge in [-0.15, -0.1) is 0 Å². The highest BCUT2D eigenvalue weighted by molar-refractivity contribution is 6.37. The van der Waals surface area contributed by atoms with Crippen LogP contribution in [0.4, 0.5) is 0 Å². The number of Topliss-reactive ketones (excluding diaryl/α,β-unsaturated/α-hetero) is 2. The Morgan fingerprint density at radius 3 is 2.29 bits per heavy atom. The lowest BCUT2D eigenvalue weighted by Crippen LogP contribution is -2.22. The summed E-state index contributed by atoms with van der Waals surface area (Å²) >= 11 is 0. The minimum Gasteiger partial charge on any atom is -0.303 e. The van der Waals surface area contributed by atoms with E-state index < -0.39 is 11.6 Å². The molecule has 4 nitrogen and oxygen atoms in total. The van der Waals surface area contributed by atoms with Crippen molar-refractivity contribution in [3.05, 3.63) is 0 Å². The maximum atomic E-state index is 11.6. The van der Waals surface area contributed by atoms with Crippen LogP contribution in [0.15, 0.2) is 0 Å². The molecule has 0 spiro atoms. The Hall–Kier alpha value is -1.32. The van der Waals surface area contributed by atoms with Gasteiger partial charge in [0.2, 0.25) is 0 Å². The summed E-state index contributed by atoms with van der Waals surface area (Å²) in [5.74, 6) is -1.24. The maximum Gasteiger partial charge on any atom is 0.198 e. The van der Waals surface area contributed by atoms with Crippen LogP contribution in [0.3, 0.4) is 0 Å². The van der Waals surface area contributed by atoms with Crippen LogP contribution in [0, 0.1) is 11.8 Å². The molecule has 0 saturated heterocycles. The predicted molar refractivity (Wildman–Crippen MR) is 63.6 cm³/mol. The molecule has 96 valence electrons. The maximum absolute atomic E-state index is 11.6. The standard InChI is InChI=1S/C13H20O4/c1-3-5-11(10(2)9-15)8-13(17)12(16)6-4-7-14/h7,9-11H,3-6,8H2,1-2H3. The van der Waals surface area contributed by atoms with Crippen molar-refractivity contribution in [2.24, 2.45) is 11.8 Å². The first kappa shape index (κ1) is 15.7. The molecule has 2 atom stereocenters. The van der Waals surface area contributed by atoms with E-state index in [0.29, 0.717) is 6.29 Å². The van der Waals surface area contributed by atoms with Gasteiger partial charge >= 0.3 is 0 Å². The van der Waals surface area contributed by atoms with Crippen molar-refractivity contribution < 1.29 is 19.2 Å². The van der Waals surface area contributed by atoms with Crippen molar-refractivity contribution in [2.45, 2.75) is 46.0 Å². The summed E-state index contributed by atoms with van der Waals surface area (Å²) < 4.78 is 0. The Labute approximate surface area is 102 Å². The number of carbonyl (C=O) groups is 4. The SMILES string of the molecule is CCCC(CC(=O)C(=O)CCC=O)C(C)C=O. The van der Waals surface area contributed by atoms with E-state index in [2.05, 4.69) is 0 Å². The van der Waals surface area contributed by atoms with Crippen molar-refractivity contribution in [2.75, 3.05) is 0 Å². The van der Waals surface area contributed by atoms with Crippen molar-refractivity contribution in [3.8, 4) is 0 Å². The van der Waals surface area contributed by atoms with Gasteiger partial charge in [-0.1, -0.05) is 20.3 Å². The quantitative estimate of drug-likeness (QED) is 0.431. The second kappa shape index (κ2) is 8.79. The normalized spacial score (nSPS) is 13.8. The number of hydrogen-bond acceptors (Lipinski definition) is 4. The molecule has 0 aliphatic rings. The fourth-order valence-corrected chi connectivity index (χ4v) is 1.71. The van der Waals surface area contributed by atoms with Crippen molar-refractivity contribution >= 4 is 24.1 Å². The van der Waals surface area contributed by atoms with Crippen LogP contribution < -0.4 is 0 Å². The van der Waals surface area contributed by atoms with Gasteiger partial charge in [0.05, 0.1) is 0 Å². The summed E-state index contributed by atoms with van der Waals surface area (Å²) in [6, 6.07) is 0. The van der Waals surface area contributed by atoms with E-state index in [4.69, 9.17) is 0 Å². The minimum absolute atomic E-state index is 0.0172. The fourth-order valence-electron chi connectivity index (χ4n) is 1.71. The van der Waals surface area contributed by atoms with Crippen LogP contribution in [0.1, 0.15) is 46.0 Å². The zero-order valence-corrected chi connectivity index (χ0v) is 10.5. The molecule has 0 radical (unpaired) electrons. The molecule has 0 aliphatic heterocycles. The molecule has 0 N–H and O–H groups in total. The van der Waals surface area contributed by atoms with E-state index >= 15 is 0 Å². The van der Waals surface area contributed by atoms with Crippen LogP contribution in [-0.4, -0.2) is 24.1 Å². The Morgan fingerprint density at radius 2 is 1.82 bits per heavy atom. The monoisotopic (exact) mass is 240 g/mol. The first-order valence-corrected chi connectivity index (χ1v) is 6.01. The second-order valence-corrected chi connectivity index (χ2v) is 4.30. The van der Waals surface area contributed by atoms with Gasteiger partial charge < -0.3 is 9.59 Å². The number of ketones is 2. The highest BCUT2D eigenvalue weighted by Gasteiger charge is 2.22. The molecule has 0 amide bonds. The molecular formula is C13H20O4. The Balaban J connectivity index is 4.33. The molecule has 0 aromatic heterocycles. The van der Waals surface area contributed by atoms with E-state index in [1.807, 2.05) is 6.92 Å². The number of hydrogen-bond donors (Lipinski definition) is 0. The van der Waals surface area contributed by atoms with Crippen LogP contribution in [-0.2, 0) is 19.2 Å². The lowest BCUT2D eigenvalue weighted by Gasteiger charge is -2.17. The largest absolute Gasteiger partial charge is 0.303 e. The summed E-state index contributed by atoms with van der Waals surface area (Å²) in [6.07, 6.45) is 3.27. The molecule has 0 heterocycles. The van der Waals surface area contributed by atoms with E-state index in [-0.39, 0.29) is 31.1 Å². The van der Waals surface area contributed by atoms with Gasteiger partial charge in [0.1, 0.15) is 12.6 Å². The topological polar surface area (TPSA) is 68.3 Å². The lowest BCUT2D eigenvalue weighted by atomic mass is 9.85. The highest BCUT2D eigenvalue weighted by Crippen LogP contribution is 2.20. The van der Waals surface area contributed by atoms with Crippen LogP contribution in [0.2, 0.25) is 0 Å². The Morgan fingerprint density at radius 1 is 1.18 bits per heavy atom. The smallest absolute Gasteiger partial charge is 0.198 e. The molecule has 0 saturated carbocycles. The molecule has 0 aromatic rings. The fraction of sp³-hybridized carbons (Fsp3) is 0.692. The van der Waals surface area contributed by atoms with Gasteiger partial charge in [-0.3, -0.25) is 9.59 Å². The second-order valence-electron chi connectivity index (χ2n) is 4.30. The zero-order valence-electron chi connectivity index (χ0n) is 10.5. The van der Waals surface area contributed by atoms with Gasteiger partial charge in [0.15, 0.2) is 11.6 Å². The van der Waals surface area contributed by atoms with Crippen LogP contribution >= 0.6 is 0 Å². The number of aldehydes is 2. The first-order chi connectivity index (χ1) is 8.06. The first-order valence-electron chi connectivity index (χ1n) is 6.01. The van der Waals surface area contributed by atoms with E-state index in [1.165, 1.54) is 0 Å². The third kappa shape index (κ3) is 6.09. The molecular weight excluding hydrogens is 220 g/mol. The summed E-state index contributed by atoms with van der Waals surface area (Å²) in [4.78, 5) is 43.7. The molecule has 4 heteroatoms. The summed E-state index contributed by atoms with van der Waals surface area (Å²) in [5.41, 5.74) is 0. The molecule has 2 unspecified atom stereocenters. The Bertz CT molecular complexity index is 283. The van der Waals surface area contributed by atoms with Crippen molar-refractivity contribution in [3.63, 3.8) is 0 Å². The highest BCUT2D eigenvalue weighted by atomic mass is 16.2. The van der Waals surface area contributed by atoms with E-state index in [9.17, 15) is 19.2 Å². The number of rotatable bonds is 10. The van der Waals surface area contributed by atoms with Crippen LogP contribution in [0.5, 0.6) is 0 Å². The molecule has 0 rings (SSSR count). The molecule has 0 fully saturated rings. The van der Waals surface area contributed by atoms with Gasteiger partial charge in [-0.2, -0.15) is 0 Å². The molecule has 0 aliphatic carbocycles. The Kier molecular flexibility index (Phi) is 8.11. The average molecular weight is 240 g/mol. The molecule has 0 bridgehead atoms. The number of carbonyl (C=O) groups excluding carboxylic acids is 4. The minimum atomic E-state index is -0.503. The van der Waals surface area contributed by atoms with E-state index in [1.54, 1.807) is 6.92 Å². The average Bonchev–Trinajstić information content (AvgIpc) is 2.34. The lowest BCUT2D eigenvalue weighted by molar-refractivity contribution is -0.137. The van der Waals surface area contributed by atoms with E-state index in [0.717, 1.165) is 19.1 Å². The van der Waals surface area contributed by atoms with Gasteiger partial charge in [0.25, 0.3) is 0 Å².